The summed E-state index contributed by atoms with van der Waals surface area (Å²) in [6.07, 6.45) is 0.944. The number of amides is 1. The van der Waals surface area contributed by atoms with Crippen LogP contribution in [0.25, 0.3) is 11.5 Å². The van der Waals surface area contributed by atoms with Crippen molar-refractivity contribution in [3.05, 3.63) is 29.3 Å². The average Bonchev–Trinajstić information content (AvgIpc) is 2.85. The van der Waals surface area contributed by atoms with Crippen LogP contribution in [0.2, 0.25) is 5.02 Å². The summed E-state index contributed by atoms with van der Waals surface area (Å²) in [5.41, 5.74) is 6.06. The highest BCUT2D eigenvalue weighted by Gasteiger charge is 2.10. The summed E-state index contributed by atoms with van der Waals surface area (Å²) in [6, 6.07) is 7.04. The Morgan fingerprint density at radius 1 is 1.32 bits per heavy atom. The molecule has 6 nitrogen and oxygen atoms in total. The minimum absolute atomic E-state index is 0.0759. The van der Waals surface area contributed by atoms with Crippen LogP contribution in [0.1, 0.15) is 12.8 Å². The fourth-order valence-corrected chi connectivity index (χ4v) is 1.55. The van der Waals surface area contributed by atoms with E-state index >= 15 is 0 Å². The highest BCUT2D eigenvalue weighted by atomic mass is 35.5. The average molecular weight is 281 g/mol. The first-order valence-electron chi connectivity index (χ1n) is 5.78. The van der Waals surface area contributed by atoms with Crippen LogP contribution in [0.15, 0.2) is 28.7 Å². The Hall–Kier alpha value is -1.92. The lowest BCUT2D eigenvalue weighted by molar-refractivity contribution is -0.116. The summed E-state index contributed by atoms with van der Waals surface area (Å²) in [5, 5.41) is 10.7. The van der Waals surface area contributed by atoms with Crippen LogP contribution in [0.4, 0.5) is 6.01 Å². The van der Waals surface area contributed by atoms with E-state index in [2.05, 4.69) is 15.5 Å². The Morgan fingerprint density at radius 2 is 2.05 bits per heavy atom. The molecule has 7 heteroatoms. The number of hydrogen-bond donors (Lipinski definition) is 2. The molecule has 0 unspecified atom stereocenters. The maximum Gasteiger partial charge on any atom is 0.322 e. The predicted octanol–water partition coefficient (Wildman–Crippen LogP) is 2.07. The second-order valence-corrected chi connectivity index (χ2v) is 4.30. The van der Waals surface area contributed by atoms with Gasteiger partial charge in [-0.25, -0.2) is 0 Å². The normalized spacial score (nSPS) is 10.4. The molecule has 1 aromatic carbocycles. The van der Waals surface area contributed by atoms with Gasteiger partial charge in [-0.2, -0.15) is 0 Å². The Bertz CT molecular complexity index is 553. The van der Waals surface area contributed by atoms with Crippen LogP contribution in [0.5, 0.6) is 0 Å². The number of nitrogens with two attached hydrogens (primary N) is 1. The summed E-state index contributed by atoms with van der Waals surface area (Å²) in [6.45, 7) is 0.466. The largest absolute Gasteiger partial charge is 0.403 e. The quantitative estimate of drug-likeness (QED) is 0.874. The van der Waals surface area contributed by atoms with Gasteiger partial charge in [-0.15, -0.1) is 5.10 Å². The van der Waals surface area contributed by atoms with Crippen molar-refractivity contribution < 1.29 is 9.21 Å². The number of nitrogens with zero attached hydrogens (tertiary/aromatic N) is 2. The van der Waals surface area contributed by atoms with Crippen LogP contribution in [-0.2, 0) is 4.79 Å². The van der Waals surface area contributed by atoms with Crippen molar-refractivity contribution in [2.24, 2.45) is 5.73 Å². The van der Waals surface area contributed by atoms with E-state index in [9.17, 15) is 4.79 Å². The number of nitrogens with one attached hydrogen (secondary N) is 1. The molecule has 3 N–H and O–H groups in total. The number of halogens is 1. The molecule has 0 aliphatic rings. The molecule has 0 radical (unpaired) electrons. The minimum Gasteiger partial charge on any atom is -0.403 e. The number of anilines is 1. The van der Waals surface area contributed by atoms with E-state index in [0.717, 1.165) is 5.56 Å². The monoisotopic (exact) mass is 280 g/mol. The smallest absolute Gasteiger partial charge is 0.322 e. The summed E-state index contributed by atoms with van der Waals surface area (Å²) >= 11 is 5.79. The Morgan fingerprint density at radius 3 is 2.74 bits per heavy atom. The van der Waals surface area contributed by atoms with Crippen molar-refractivity contribution in [1.29, 1.82) is 0 Å². The fraction of sp³-hybridized carbons (Fsp3) is 0.250. The van der Waals surface area contributed by atoms with Gasteiger partial charge in [0.05, 0.1) is 0 Å². The molecule has 0 aliphatic heterocycles. The van der Waals surface area contributed by atoms with E-state index in [-0.39, 0.29) is 11.9 Å². The van der Waals surface area contributed by atoms with Gasteiger partial charge in [0.2, 0.25) is 11.8 Å². The number of carbonyl (C=O) groups is 1. The van der Waals surface area contributed by atoms with Crippen LogP contribution in [-0.4, -0.2) is 22.6 Å². The van der Waals surface area contributed by atoms with Gasteiger partial charge < -0.3 is 10.2 Å². The van der Waals surface area contributed by atoms with Crippen molar-refractivity contribution in [2.75, 3.05) is 11.9 Å². The van der Waals surface area contributed by atoms with Crippen LogP contribution in [0, 0.1) is 0 Å². The lowest BCUT2D eigenvalue weighted by Crippen LogP contribution is -2.13. The van der Waals surface area contributed by atoms with Crippen LogP contribution in [0.3, 0.4) is 0 Å². The van der Waals surface area contributed by atoms with Gasteiger partial charge in [0.1, 0.15) is 0 Å². The summed E-state index contributed by atoms with van der Waals surface area (Å²) < 4.78 is 5.33. The molecule has 2 rings (SSSR count). The molecule has 0 saturated carbocycles. The second kappa shape index (κ2) is 6.31. The number of aromatic nitrogens is 2. The topological polar surface area (TPSA) is 94.0 Å². The van der Waals surface area contributed by atoms with Gasteiger partial charge in [0, 0.05) is 17.0 Å². The SMILES string of the molecule is NCCCC(=O)Nc1nnc(-c2ccc(Cl)cc2)o1. The maximum atomic E-state index is 11.4. The first-order chi connectivity index (χ1) is 9.19. The van der Waals surface area contributed by atoms with E-state index in [0.29, 0.717) is 30.3 Å². The lowest BCUT2D eigenvalue weighted by atomic mass is 10.2. The molecule has 0 aliphatic carbocycles. The zero-order valence-electron chi connectivity index (χ0n) is 10.1. The zero-order valence-corrected chi connectivity index (χ0v) is 10.9. The minimum atomic E-state index is -0.197. The van der Waals surface area contributed by atoms with Gasteiger partial charge in [-0.3, -0.25) is 10.1 Å². The van der Waals surface area contributed by atoms with Gasteiger partial charge in [0.25, 0.3) is 0 Å². The summed E-state index contributed by atoms with van der Waals surface area (Å²) in [7, 11) is 0. The van der Waals surface area contributed by atoms with E-state index in [4.69, 9.17) is 21.8 Å². The molecule has 0 saturated heterocycles. The molecule has 2 aromatic rings. The molecule has 100 valence electrons. The highest BCUT2D eigenvalue weighted by Crippen LogP contribution is 2.21. The van der Waals surface area contributed by atoms with Crippen molar-refractivity contribution in [1.82, 2.24) is 10.2 Å². The number of benzene rings is 1. The van der Waals surface area contributed by atoms with E-state index < -0.39 is 0 Å². The highest BCUT2D eigenvalue weighted by molar-refractivity contribution is 6.30. The number of carbonyl (C=O) groups excluding carboxylic acids is 1. The molecule has 0 atom stereocenters. The molecule has 0 fully saturated rings. The molecular weight excluding hydrogens is 268 g/mol. The Labute approximate surface area is 115 Å². The molecule has 0 bridgehead atoms. The molecule has 1 heterocycles. The number of hydrogen-bond acceptors (Lipinski definition) is 5. The molecule has 0 spiro atoms. The molecular formula is C12H13ClN4O2. The van der Waals surface area contributed by atoms with E-state index in [1.807, 2.05) is 0 Å². The van der Waals surface area contributed by atoms with E-state index in [1.165, 1.54) is 0 Å². The Balaban J connectivity index is 2.02. The summed E-state index contributed by atoms with van der Waals surface area (Å²) in [5.74, 6) is 0.127. The maximum absolute atomic E-state index is 11.4. The van der Waals surface area contributed by atoms with Crippen molar-refractivity contribution >= 4 is 23.5 Å². The van der Waals surface area contributed by atoms with Crippen LogP contribution >= 0.6 is 11.6 Å². The first kappa shape index (κ1) is 13.5. The number of rotatable bonds is 5. The van der Waals surface area contributed by atoms with Crippen LogP contribution < -0.4 is 11.1 Å². The zero-order chi connectivity index (χ0) is 13.7. The third-order valence-electron chi connectivity index (χ3n) is 2.37. The van der Waals surface area contributed by atoms with E-state index in [1.54, 1.807) is 24.3 Å². The van der Waals surface area contributed by atoms with Gasteiger partial charge in [-0.1, -0.05) is 16.7 Å². The molecule has 1 aromatic heterocycles. The molecule has 1 amide bonds. The van der Waals surface area contributed by atoms with Crippen molar-refractivity contribution in [2.45, 2.75) is 12.8 Å². The third-order valence-corrected chi connectivity index (χ3v) is 2.62. The van der Waals surface area contributed by atoms with Crippen molar-refractivity contribution in [3.8, 4) is 11.5 Å². The standard InChI is InChI=1S/C12H13ClN4O2/c13-9-5-3-8(4-6-9)11-16-17-12(19-11)15-10(18)2-1-7-14/h3-6H,1-2,7,14H2,(H,15,17,18). The Kier molecular flexibility index (Phi) is 4.48. The summed E-state index contributed by atoms with van der Waals surface area (Å²) in [4.78, 5) is 11.4. The molecule has 19 heavy (non-hydrogen) atoms. The van der Waals surface area contributed by atoms with Gasteiger partial charge >= 0.3 is 6.01 Å². The van der Waals surface area contributed by atoms with Crippen molar-refractivity contribution in [3.63, 3.8) is 0 Å². The fourth-order valence-electron chi connectivity index (χ4n) is 1.43. The second-order valence-electron chi connectivity index (χ2n) is 3.86. The third kappa shape index (κ3) is 3.77. The lowest BCUT2D eigenvalue weighted by Gasteiger charge is -1.98. The predicted molar refractivity (Wildman–Crippen MR) is 71.7 cm³/mol. The van der Waals surface area contributed by atoms with Gasteiger partial charge in [-0.05, 0) is 37.2 Å². The first-order valence-corrected chi connectivity index (χ1v) is 6.16. The van der Waals surface area contributed by atoms with Gasteiger partial charge in [0.15, 0.2) is 0 Å².